The van der Waals surface area contributed by atoms with Crippen LogP contribution in [-0.2, 0) is 4.74 Å². The fourth-order valence-corrected chi connectivity index (χ4v) is 3.89. The molecule has 9 heteroatoms. The van der Waals surface area contributed by atoms with Crippen LogP contribution in [-0.4, -0.2) is 38.2 Å². The third-order valence-corrected chi connectivity index (χ3v) is 5.69. The molecule has 3 aromatic carbocycles. The summed E-state index contributed by atoms with van der Waals surface area (Å²) >= 11 is 3.45. The molecule has 0 aliphatic carbocycles. The van der Waals surface area contributed by atoms with Crippen LogP contribution in [0.1, 0.15) is 20.7 Å². The first-order chi connectivity index (χ1) is 16.9. The monoisotopic (exact) mass is 536 g/mol. The van der Waals surface area contributed by atoms with Gasteiger partial charge in [0.05, 0.1) is 44.3 Å². The minimum atomic E-state index is -0.638. The maximum Gasteiger partial charge on any atom is 0.340 e. The van der Waals surface area contributed by atoms with Gasteiger partial charge in [0, 0.05) is 27.7 Å². The molecule has 0 unspecified atom stereocenters. The molecule has 0 aliphatic rings. The van der Waals surface area contributed by atoms with Gasteiger partial charge in [0.15, 0.2) is 17.3 Å². The molecule has 0 atom stereocenters. The largest absolute Gasteiger partial charge is 0.493 e. The van der Waals surface area contributed by atoms with Crippen molar-refractivity contribution < 1.29 is 28.2 Å². The highest BCUT2D eigenvalue weighted by molar-refractivity contribution is 9.10. The van der Waals surface area contributed by atoms with Crippen LogP contribution in [0.3, 0.4) is 0 Å². The summed E-state index contributed by atoms with van der Waals surface area (Å²) in [6, 6.07) is 17.5. The number of halogens is 1. The minimum Gasteiger partial charge on any atom is -0.493 e. The van der Waals surface area contributed by atoms with Gasteiger partial charge >= 0.3 is 5.97 Å². The summed E-state index contributed by atoms with van der Waals surface area (Å²) in [5.74, 6) is 0.401. The van der Waals surface area contributed by atoms with Gasteiger partial charge in [-0.25, -0.2) is 9.78 Å². The zero-order valence-electron chi connectivity index (χ0n) is 19.1. The summed E-state index contributed by atoms with van der Waals surface area (Å²) in [5, 5.41) is 2.77. The highest BCUT2D eigenvalue weighted by Gasteiger charge is 2.22. The Morgan fingerprint density at radius 3 is 2.37 bits per heavy atom. The second-order valence-electron chi connectivity index (χ2n) is 7.28. The van der Waals surface area contributed by atoms with Crippen molar-refractivity contribution in [2.24, 2.45) is 0 Å². The Bertz CT molecular complexity index is 1400. The highest BCUT2D eigenvalue weighted by Crippen LogP contribution is 2.35. The van der Waals surface area contributed by atoms with Crippen LogP contribution in [0.5, 0.6) is 11.5 Å². The number of carbonyl (C=O) groups excluding carboxylic acids is 2. The molecule has 35 heavy (non-hydrogen) atoms. The third kappa shape index (κ3) is 5.04. The van der Waals surface area contributed by atoms with Crippen LogP contribution in [0.15, 0.2) is 75.8 Å². The van der Waals surface area contributed by atoms with E-state index in [2.05, 4.69) is 26.2 Å². The van der Waals surface area contributed by atoms with Crippen molar-refractivity contribution in [3.8, 4) is 34.3 Å². The lowest BCUT2D eigenvalue weighted by atomic mass is 10.1. The van der Waals surface area contributed by atoms with Gasteiger partial charge in [-0.1, -0.05) is 40.2 Å². The molecule has 1 amide bonds. The number of carbonyl (C=O) groups is 2. The van der Waals surface area contributed by atoms with Gasteiger partial charge in [-0.05, 0) is 24.3 Å². The number of ether oxygens (including phenoxy) is 3. The molecule has 0 spiro atoms. The van der Waals surface area contributed by atoms with E-state index in [1.54, 1.807) is 30.5 Å². The Labute approximate surface area is 210 Å². The van der Waals surface area contributed by atoms with Gasteiger partial charge in [0.2, 0.25) is 5.89 Å². The first-order valence-corrected chi connectivity index (χ1v) is 11.2. The molecule has 4 aromatic rings. The van der Waals surface area contributed by atoms with Gasteiger partial charge < -0.3 is 23.9 Å². The van der Waals surface area contributed by atoms with Crippen molar-refractivity contribution >= 4 is 33.5 Å². The van der Waals surface area contributed by atoms with Crippen LogP contribution < -0.4 is 14.8 Å². The molecule has 4 rings (SSSR count). The number of anilines is 1. The highest BCUT2D eigenvalue weighted by atomic mass is 79.9. The molecule has 0 fully saturated rings. The zero-order chi connectivity index (χ0) is 24.9. The average Bonchev–Trinajstić information content (AvgIpc) is 3.38. The van der Waals surface area contributed by atoms with Gasteiger partial charge in [0.25, 0.3) is 5.91 Å². The fourth-order valence-electron chi connectivity index (χ4n) is 3.49. The number of benzene rings is 3. The number of hydrogen-bond donors (Lipinski definition) is 1. The smallest absolute Gasteiger partial charge is 0.340 e. The standard InChI is InChI=1S/C26H21BrN2O6/c1-32-21-12-19(26(31)34-3)20(13-22(21)33-2)29-24(30)17-9-4-5-10-18(17)25-28-14-23(35-25)15-7-6-8-16(27)11-15/h4-14H,1-3H3,(H,29,30). The van der Waals surface area contributed by atoms with Crippen molar-refractivity contribution in [3.63, 3.8) is 0 Å². The number of rotatable bonds is 7. The Kier molecular flexibility index (Phi) is 7.17. The second kappa shape index (κ2) is 10.4. The number of esters is 1. The number of methoxy groups -OCH3 is 3. The molecule has 1 aromatic heterocycles. The lowest BCUT2D eigenvalue weighted by Gasteiger charge is -2.15. The molecule has 8 nitrogen and oxygen atoms in total. The first-order valence-electron chi connectivity index (χ1n) is 10.4. The van der Waals surface area contributed by atoms with E-state index in [1.165, 1.54) is 33.5 Å². The fraction of sp³-hybridized carbons (Fsp3) is 0.115. The quantitative estimate of drug-likeness (QED) is 0.296. The van der Waals surface area contributed by atoms with Crippen molar-refractivity contribution in [1.29, 1.82) is 0 Å². The Balaban J connectivity index is 1.70. The van der Waals surface area contributed by atoms with E-state index in [9.17, 15) is 9.59 Å². The molecule has 0 saturated carbocycles. The third-order valence-electron chi connectivity index (χ3n) is 5.19. The number of nitrogens with zero attached hydrogens (tertiary/aromatic N) is 1. The molecular weight excluding hydrogens is 516 g/mol. The van der Waals surface area contributed by atoms with E-state index < -0.39 is 11.9 Å². The molecule has 0 bridgehead atoms. The first kappa shape index (κ1) is 24.0. The van der Waals surface area contributed by atoms with Crippen molar-refractivity contribution in [1.82, 2.24) is 4.98 Å². The summed E-state index contributed by atoms with van der Waals surface area (Å²) in [7, 11) is 4.17. The van der Waals surface area contributed by atoms with Crippen LogP contribution in [0.2, 0.25) is 0 Å². The number of amides is 1. The van der Waals surface area contributed by atoms with E-state index in [4.69, 9.17) is 18.6 Å². The molecule has 178 valence electrons. The summed E-state index contributed by atoms with van der Waals surface area (Å²) in [6.45, 7) is 0. The summed E-state index contributed by atoms with van der Waals surface area (Å²) in [6.07, 6.45) is 1.61. The van der Waals surface area contributed by atoms with Crippen LogP contribution in [0, 0.1) is 0 Å². The second-order valence-corrected chi connectivity index (χ2v) is 8.20. The van der Waals surface area contributed by atoms with Crippen molar-refractivity contribution in [2.75, 3.05) is 26.6 Å². The van der Waals surface area contributed by atoms with E-state index >= 15 is 0 Å². The van der Waals surface area contributed by atoms with Crippen molar-refractivity contribution in [3.05, 3.63) is 82.5 Å². The van der Waals surface area contributed by atoms with Gasteiger partial charge in [-0.2, -0.15) is 0 Å². The van der Waals surface area contributed by atoms with Gasteiger partial charge in [-0.15, -0.1) is 0 Å². The molecular formula is C26H21BrN2O6. The maximum atomic E-state index is 13.3. The topological polar surface area (TPSA) is 99.9 Å². The number of oxazole rings is 1. The Morgan fingerprint density at radius 2 is 1.66 bits per heavy atom. The van der Waals surface area contributed by atoms with E-state index in [0.717, 1.165) is 10.0 Å². The number of hydrogen-bond acceptors (Lipinski definition) is 7. The number of nitrogens with one attached hydrogen (secondary N) is 1. The lowest BCUT2D eigenvalue weighted by molar-refractivity contribution is 0.0601. The SMILES string of the molecule is COC(=O)c1cc(OC)c(OC)cc1NC(=O)c1ccccc1-c1ncc(-c2cccc(Br)c2)o1. The van der Waals surface area contributed by atoms with Gasteiger partial charge in [0.1, 0.15) is 0 Å². The Morgan fingerprint density at radius 1 is 0.914 bits per heavy atom. The molecule has 0 radical (unpaired) electrons. The predicted octanol–water partition coefficient (Wildman–Crippen LogP) is 5.83. The normalized spacial score (nSPS) is 10.5. The lowest BCUT2D eigenvalue weighted by Crippen LogP contribution is -2.16. The number of aromatic nitrogens is 1. The zero-order valence-corrected chi connectivity index (χ0v) is 20.7. The maximum absolute atomic E-state index is 13.3. The predicted molar refractivity (Wildman–Crippen MR) is 134 cm³/mol. The molecule has 1 N–H and O–H groups in total. The van der Waals surface area contributed by atoms with E-state index in [1.807, 2.05) is 24.3 Å². The van der Waals surface area contributed by atoms with Gasteiger partial charge in [-0.3, -0.25) is 4.79 Å². The average molecular weight is 537 g/mol. The van der Waals surface area contributed by atoms with Crippen LogP contribution >= 0.6 is 15.9 Å². The Hall–Kier alpha value is -4.11. The molecule has 1 heterocycles. The van der Waals surface area contributed by atoms with E-state index in [-0.39, 0.29) is 17.1 Å². The summed E-state index contributed by atoms with van der Waals surface area (Å²) in [5.41, 5.74) is 1.96. The van der Waals surface area contributed by atoms with Crippen LogP contribution in [0.4, 0.5) is 5.69 Å². The van der Waals surface area contributed by atoms with E-state index in [0.29, 0.717) is 28.4 Å². The van der Waals surface area contributed by atoms with Crippen LogP contribution in [0.25, 0.3) is 22.8 Å². The molecule has 0 saturated heterocycles. The summed E-state index contributed by atoms with van der Waals surface area (Å²) < 4.78 is 22.3. The minimum absolute atomic E-state index is 0.115. The summed E-state index contributed by atoms with van der Waals surface area (Å²) in [4.78, 5) is 30.1. The van der Waals surface area contributed by atoms with Crippen molar-refractivity contribution in [2.45, 2.75) is 0 Å². The molecule has 0 aliphatic heterocycles.